The van der Waals surface area contributed by atoms with Crippen LogP contribution in [0.4, 0.5) is 10.1 Å². The van der Waals surface area contributed by atoms with E-state index >= 15 is 0 Å². The molecule has 1 aliphatic heterocycles. The molecule has 0 aliphatic carbocycles. The van der Waals surface area contributed by atoms with Gasteiger partial charge < -0.3 is 15.0 Å². The van der Waals surface area contributed by atoms with Gasteiger partial charge >= 0.3 is 0 Å². The zero-order chi connectivity index (χ0) is 17.8. The van der Waals surface area contributed by atoms with Crippen molar-refractivity contribution in [3.05, 3.63) is 66.0 Å². The molecule has 2 aromatic carbocycles. The standard InChI is InChI=1S/C19H19FN2O3/c1-25-17(13-7-3-2-4-8-13)18(23)21-15-11-12-22(19(15)24)16-10-6-5-9-14(16)20/h2-10,15,17H,11-12H2,1H3,(H,21,23)/t15-,17+/m1/s1. The van der Waals surface area contributed by atoms with Crippen molar-refractivity contribution in [1.82, 2.24) is 5.32 Å². The maximum atomic E-state index is 13.9. The third-order valence-corrected chi connectivity index (χ3v) is 4.24. The van der Waals surface area contributed by atoms with Gasteiger partial charge in [-0.2, -0.15) is 0 Å². The van der Waals surface area contributed by atoms with Gasteiger partial charge in [-0.3, -0.25) is 9.59 Å². The van der Waals surface area contributed by atoms with E-state index in [-0.39, 0.29) is 17.5 Å². The summed E-state index contributed by atoms with van der Waals surface area (Å²) < 4.78 is 19.2. The van der Waals surface area contributed by atoms with E-state index in [2.05, 4.69) is 5.32 Å². The number of rotatable bonds is 5. The molecule has 25 heavy (non-hydrogen) atoms. The Morgan fingerprint density at radius 2 is 1.88 bits per heavy atom. The van der Waals surface area contributed by atoms with Gasteiger partial charge in [0, 0.05) is 13.7 Å². The molecule has 2 aromatic rings. The minimum absolute atomic E-state index is 0.232. The van der Waals surface area contributed by atoms with Crippen molar-refractivity contribution < 1.29 is 18.7 Å². The van der Waals surface area contributed by atoms with Crippen LogP contribution in [0.5, 0.6) is 0 Å². The van der Waals surface area contributed by atoms with Crippen LogP contribution in [-0.4, -0.2) is 31.5 Å². The van der Waals surface area contributed by atoms with E-state index in [1.165, 1.54) is 18.1 Å². The van der Waals surface area contributed by atoms with Crippen molar-refractivity contribution in [1.29, 1.82) is 0 Å². The summed E-state index contributed by atoms with van der Waals surface area (Å²) in [6.45, 7) is 0.355. The number of para-hydroxylation sites is 1. The van der Waals surface area contributed by atoms with Gasteiger partial charge in [-0.1, -0.05) is 42.5 Å². The molecule has 3 rings (SSSR count). The van der Waals surface area contributed by atoms with Gasteiger partial charge in [0.05, 0.1) is 5.69 Å². The molecule has 1 heterocycles. The fraction of sp³-hybridized carbons (Fsp3) is 0.263. The molecule has 0 aromatic heterocycles. The lowest BCUT2D eigenvalue weighted by Crippen LogP contribution is -2.44. The van der Waals surface area contributed by atoms with Gasteiger partial charge in [0.2, 0.25) is 5.91 Å². The highest BCUT2D eigenvalue weighted by Crippen LogP contribution is 2.25. The molecule has 0 unspecified atom stereocenters. The number of methoxy groups -OCH3 is 1. The topological polar surface area (TPSA) is 58.6 Å². The van der Waals surface area contributed by atoms with E-state index in [1.54, 1.807) is 30.3 Å². The summed E-state index contributed by atoms with van der Waals surface area (Å²) in [5.41, 5.74) is 0.939. The molecular formula is C19H19FN2O3. The summed E-state index contributed by atoms with van der Waals surface area (Å²) in [5, 5.41) is 2.72. The Morgan fingerprint density at radius 3 is 2.56 bits per heavy atom. The van der Waals surface area contributed by atoms with Crippen LogP contribution in [0, 0.1) is 5.82 Å². The van der Waals surface area contributed by atoms with E-state index in [0.29, 0.717) is 18.5 Å². The average molecular weight is 342 g/mol. The Bertz CT molecular complexity index is 766. The van der Waals surface area contributed by atoms with Gasteiger partial charge in [-0.15, -0.1) is 0 Å². The van der Waals surface area contributed by atoms with Gasteiger partial charge in [0.25, 0.3) is 5.91 Å². The van der Waals surface area contributed by atoms with Crippen LogP contribution in [0.15, 0.2) is 54.6 Å². The second kappa shape index (κ2) is 7.44. The van der Waals surface area contributed by atoms with Crippen LogP contribution in [0.3, 0.4) is 0 Å². The number of hydrogen-bond donors (Lipinski definition) is 1. The smallest absolute Gasteiger partial charge is 0.254 e. The number of carbonyl (C=O) groups excluding carboxylic acids is 2. The summed E-state index contributed by atoms with van der Waals surface area (Å²) >= 11 is 0. The third-order valence-electron chi connectivity index (χ3n) is 4.24. The molecule has 2 atom stereocenters. The van der Waals surface area contributed by atoms with Crippen molar-refractivity contribution in [3.8, 4) is 0 Å². The SMILES string of the molecule is CO[C@H](C(=O)N[C@@H]1CCN(c2ccccc2F)C1=O)c1ccccc1. The third kappa shape index (κ3) is 3.53. The summed E-state index contributed by atoms with van der Waals surface area (Å²) in [7, 11) is 1.44. The molecular weight excluding hydrogens is 323 g/mol. The number of anilines is 1. The second-order valence-electron chi connectivity index (χ2n) is 5.82. The minimum atomic E-state index is -0.795. The van der Waals surface area contributed by atoms with Crippen molar-refractivity contribution in [2.45, 2.75) is 18.6 Å². The van der Waals surface area contributed by atoms with Crippen LogP contribution in [-0.2, 0) is 14.3 Å². The number of halogens is 1. The summed E-state index contributed by atoms with van der Waals surface area (Å²) in [6, 6.07) is 14.5. The molecule has 1 aliphatic rings. The van der Waals surface area contributed by atoms with Crippen molar-refractivity contribution in [2.75, 3.05) is 18.6 Å². The van der Waals surface area contributed by atoms with Crippen LogP contribution >= 0.6 is 0 Å². The highest BCUT2D eigenvalue weighted by molar-refractivity contribution is 6.01. The summed E-state index contributed by atoms with van der Waals surface area (Å²) in [6.07, 6.45) is -0.374. The molecule has 2 amide bonds. The molecule has 1 N–H and O–H groups in total. The molecule has 0 radical (unpaired) electrons. The Morgan fingerprint density at radius 1 is 1.20 bits per heavy atom. The van der Waals surface area contributed by atoms with Gasteiger partial charge in [-0.25, -0.2) is 4.39 Å². The molecule has 1 saturated heterocycles. The Labute approximate surface area is 145 Å². The maximum Gasteiger partial charge on any atom is 0.254 e. The number of nitrogens with one attached hydrogen (secondary N) is 1. The van der Waals surface area contributed by atoms with Crippen molar-refractivity contribution in [2.24, 2.45) is 0 Å². The van der Waals surface area contributed by atoms with Crippen molar-refractivity contribution >= 4 is 17.5 Å². The first-order chi connectivity index (χ1) is 12.1. The monoisotopic (exact) mass is 342 g/mol. The number of benzene rings is 2. The largest absolute Gasteiger partial charge is 0.367 e. The van der Waals surface area contributed by atoms with Gasteiger partial charge in [-0.05, 0) is 24.1 Å². The second-order valence-corrected chi connectivity index (χ2v) is 5.82. The predicted molar refractivity (Wildman–Crippen MR) is 91.5 cm³/mol. The molecule has 5 nitrogen and oxygen atoms in total. The first kappa shape index (κ1) is 17.1. The number of hydrogen-bond acceptors (Lipinski definition) is 3. The zero-order valence-electron chi connectivity index (χ0n) is 13.8. The van der Waals surface area contributed by atoms with Crippen LogP contribution < -0.4 is 10.2 Å². The van der Waals surface area contributed by atoms with Crippen LogP contribution in [0.1, 0.15) is 18.1 Å². The van der Waals surface area contributed by atoms with Crippen LogP contribution in [0.2, 0.25) is 0 Å². The van der Waals surface area contributed by atoms with Crippen LogP contribution in [0.25, 0.3) is 0 Å². The number of ether oxygens (including phenoxy) is 1. The summed E-state index contributed by atoms with van der Waals surface area (Å²) in [4.78, 5) is 26.4. The highest BCUT2D eigenvalue weighted by Gasteiger charge is 2.36. The van der Waals surface area contributed by atoms with E-state index in [9.17, 15) is 14.0 Å². The Hall–Kier alpha value is -2.73. The number of carbonyl (C=O) groups is 2. The molecule has 0 bridgehead atoms. The zero-order valence-corrected chi connectivity index (χ0v) is 13.8. The first-order valence-corrected chi connectivity index (χ1v) is 8.06. The quantitative estimate of drug-likeness (QED) is 0.908. The normalized spacial score (nSPS) is 18.2. The first-order valence-electron chi connectivity index (χ1n) is 8.06. The summed E-state index contributed by atoms with van der Waals surface area (Å²) in [5.74, 6) is -1.16. The minimum Gasteiger partial charge on any atom is -0.367 e. The molecule has 6 heteroatoms. The van der Waals surface area contributed by atoms with Crippen molar-refractivity contribution in [3.63, 3.8) is 0 Å². The number of amides is 2. The van der Waals surface area contributed by atoms with E-state index in [0.717, 1.165) is 0 Å². The van der Waals surface area contributed by atoms with Gasteiger partial charge in [0.15, 0.2) is 6.10 Å². The lowest BCUT2D eigenvalue weighted by atomic mass is 10.1. The fourth-order valence-corrected chi connectivity index (χ4v) is 2.99. The van der Waals surface area contributed by atoms with E-state index in [4.69, 9.17) is 4.74 Å². The fourth-order valence-electron chi connectivity index (χ4n) is 2.99. The average Bonchev–Trinajstić information content (AvgIpc) is 2.97. The molecule has 130 valence electrons. The molecule has 0 saturated carbocycles. The van der Waals surface area contributed by atoms with E-state index < -0.39 is 18.0 Å². The van der Waals surface area contributed by atoms with E-state index in [1.807, 2.05) is 18.2 Å². The van der Waals surface area contributed by atoms with Gasteiger partial charge in [0.1, 0.15) is 11.9 Å². The molecule has 1 fully saturated rings. The highest BCUT2D eigenvalue weighted by atomic mass is 19.1. The number of nitrogens with zero attached hydrogens (tertiary/aromatic N) is 1. The lowest BCUT2D eigenvalue weighted by molar-refractivity contribution is -0.134. The Balaban J connectivity index is 1.70. The maximum absolute atomic E-state index is 13.9. The molecule has 0 spiro atoms. The lowest BCUT2D eigenvalue weighted by Gasteiger charge is -2.20. The Kier molecular flexibility index (Phi) is 5.09. The predicted octanol–water partition coefficient (Wildman–Crippen LogP) is 2.43.